The van der Waals surface area contributed by atoms with Gasteiger partial charge in [-0.05, 0) is 126 Å². The Morgan fingerprint density at radius 3 is 1.28 bits per heavy atom. The summed E-state index contributed by atoms with van der Waals surface area (Å²) in [4.78, 5) is 83.6. The predicted octanol–water partition coefficient (Wildman–Crippen LogP) is 14.2. The highest BCUT2D eigenvalue weighted by Crippen LogP contribution is 2.39. The number of ketones is 7. The Balaban J connectivity index is 0. The van der Waals surface area contributed by atoms with Crippen molar-refractivity contribution in [1.29, 1.82) is 0 Å². The number of hydrogen-bond acceptors (Lipinski definition) is 10. The van der Waals surface area contributed by atoms with Crippen LogP contribution in [0.25, 0.3) is 0 Å². The average Bonchev–Trinajstić information content (AvgIpc) is 4.15. The van der Waals surface area contributed by atoms with Gasteiger partial charge in [-0.2, -0.15) is 0 Å². The molecule has 0 amide bonds. The maximum atomic E-state index is 12.3. The highest BCUT2D eigenvalue weighted by Gasteiger charge is 2.47. The van der Waals surface area contributed by atoms with E-state index in [1.54, 1.807) is 64.2 Å². The van der Waals surface area contributed by atoms with Crippen molar-refractivity contribution in [3.8, 4) is 24.2 Å². The van der Waals surface area contributed by atoms with Crippen molar-refractivity contribution in [2.45, 2.75) is 202 Å². The zero-order valence-corrected chi connectivity index (χ0v) is 52.0. The first-order chi connectivity index (χ1) is 34.7. The van der Waals surface area contributed by atoms with Crippen molar-refractivity contribution in [3.63, 3.8) is 0 Å². The summed E-state index contributed by atoms with van der Waals surface area (Å²) in [6.07, 6.45) is 25.2. The lowest BCUT2D eigenvalue weighted by molar-refractivity contribution is -0.128. The van der Waals surface area contributed by atoms with E-state index in [4.69, 9.17) is 6.42 Å². The van der Waals surface area contributed by atoms with Crippen LogP contribution in [0, 0.1) is 68.5 Å². The maximum absolute atomic E-state index is 12.3. The second-order valence-corrected chi connectivity index (χ2v) is 27.3. The molecule has 2 aliphatic carbocycles. The molecule has 1 aromatic rings. The van der Waals surface area contributed by atoms with Crippen LogP contribution in [0.2, 0.25) is 0 Å². The molecule has 4 aliphatic rings. The third-order valence-corrected chi connectivity index (χ3v) is 12.7. The SMILES string of the molecule is C#CC(=O)C(C)(C)C.CC#CC(=O)C(C)(C)C.CC(=O)/C=C/CN1CCCC1.CC(C)(C)C(=O)/C=C/CN1CCCCC1.CC(C)(C)C(=O)/C=C/Cc1cccs1.CC(C)(C)C(=O)C1CC1.CC(C)(C)C(=O)C1CC1F. The molecule has 0 spiro atoms. The van der Waals surface area contributed by atoms with Crippen LogP contribution in [0.15, 0.2) is 54.0 Å². The van der Waals surface area contributed by atoms with Gasteiger partial charge in [0.2, 0.25) is 11.6 Å². The molecular formula is C65H103FN2O7S. The van der Waals surface area contributed by atoms with Crippen LogP contribution in [-0.4, -0.2) is 95.7 Å². The zero-order chi connectivity index (χ0) is 59.3. The molecule has 5 rings (SSSR count). The van der Waals surface area contributed by atoms with Crippen LogP contribution in [0.5, 0.6) is 0 Å². The van der Waals surface area contributed by atoms with Crippen molar-refractivity contribution >= 4 is 51.8 Å². The lowest BCUT2D eigenvalue weighted by Gasteiger charge is -2.24. The van der Waals surface area contributed by atoms with E-state index in [0.29, 0.717) is 18.1 Å². The fraction of sp³-hybridized carbons (Fsp3) is 0.677. The molecule has 0 N–H and O–H groups in total. The van der Waals surface area contributed by atoms with Gasteiger partial charge in [0.1, 0.15) is 17.7 Å². The zero-order valence-electron chi connectivity index (χ0n) is 51.2. The third kappa shape index (κ3) is 37.4. The van der Waals surface area contributed by atoms with Crippen LogP contribution in [0.1, 0.15) is 195 Å². The Morgan fingerprint density at radius 2 is 1.01 bits per heavy atom. The van der Waals surface area contributed by atoms with Gasteiger partial charge in [0, 0.05) is 62.8 Å². The summed E-state index contributed by atoms with van der Waals surface area (Å²) >= 11 is 1.72. The van der Waals surface area contributed by atoms with Crippen LogP contribution < -0.4 is 0 Å². The Kier molecular flexibility index (Phi) is 34.1. The molecule has 2 aliphatic heterocycles. The summed E-state index contributed by atoms with van der Waals surface area (Å²) in [7, 11) is 0. The average molecular weight is 1080 g/mol. The molecule has 2 saturated heterocycles. The molecule has 1 aromatic heterocycles. The lowest BCUT2D eigenvalue weighted by Crippen LogP contribution is -2.30. The Bertz CT molecular complexity index is 2140. The summed E-state index contributed by atoms with van der Waals surface area (Å²) in [5, 5.41) is 2.05. The minimum atomic E-state index is -0.841. The molecule has 4 fully saturated rings. The number of halogens is 1. The highest BCUT2D eigenvalue weighted by molar-refractivity contribution is 7.09. The molecular weight excluding hydrogens is 972 g/mol. The number of rotatable bonds is 11. The first-order valence-electron chi connectivity index (χ1n) is 27.5. The maximum Gasteiger partial charge on any atom is 0.210 e. The number of carbonyl (C=O) groups is 7. The van der Waals surface area contributed by atoms with E-state index >= 15 is 0 Å². The third-order valence-electron chi connectivity index (χ3n) is 11.9. The molecule has 2 atom stereocenters. The Hall–Kier alpha value is -4.42. The number of thiophene rings is 1. The summed E-state index contributed by atoms with van der Waals surface area (Å²) in [5.41, 5.74) is -1.62. The number of likely N-dealkylation sites (tertiary alicyclic amines) is 2. The van der Waals surface area contributed by atoms with Crippen molar-refractivity contribution in [1.82, 2.24) is 9.80 Å². The molecule has 2 unspecified atom stereocenters. The van der Waals surface area contributed by atoms with Crippen molar-refractivity contribution < 1.29 is 38.0 Å². The van der Waals surface area contributed by atoms with Gasteiger partial charge < -0.3 is 0 Å². The number of carbonyl (C=O) groups excluding carboxylic acids is 7. The van der Waals surface area contributed by atoms with E-state index in [1.165, 1.54) is 63.2 Å². The largest absolute Gasteiger partial charge is 0.300 e. The van der Waals surface area contributed by atoms with Gasteiger partial charge >= 0.3 is 0 Å². The van der Waals surface area contributed by atoms with Gasteiger partial charge in [0.25, 0.3) is 0 Å². The molecule has 0 bridgehead atoms. The summed E-state index contributed by atoms with van der Waals surface area (Å²) in [6.45, 7) is 44.1. The van der Waals surface area contributed by atoms with Gasteiger partial charge in [-0.3, -0.25) is 43.4 Å². The number of allylic oxidation sites excluding steroid dienone is 4. The van der Waals surface area contributed by atoms with Gasteiger partial charge in [-0.1, -0.05) is 161 Å². The van der Waals surface area contributed by atoms with E-state index in [-0.39, 0.29) is 73.1 Å². The molecule has 11 heteroatoms. The topological polar surface area (TPSA) is 126 Å². The molecule has 9 nitrogen and oxygen atoms in total. The van der Waals surface area contributed by atoms with Gasteiger partial charge in [-0.15, -0.1) is 17.8 Å². The van der Waals surface area contributed by atoms with Gasteiger partial charge in [-0.25, -0.2) is 4.39 Å². The van der Waals surface area contributed by atoms with Crippen LogP contribution >= 0.6 is 11.3 Å². The van der Waals surface area contributed by atoms with E-state index in [2.05, 4.69) is 39.0 Å². The first kappa shape index (κ1) is 73.7. The first-order valence-corrected chi connectivity index (χ1v) is 28.3. The van der Waals surface area contributed by atoms with Crippen LogP contribution in [0.3, 0.4) is 0 Å². The minimum Gasteiger partial charge on any atom is -0.300 e. The minimum absolute atomic E-state index is 0.00463. The monoisotopic (exact) mass is 1070 g/mol. The number of alkyl halides is 1. The molecule has 76 heavy (non-hydrogen) atoms. The standard InChI is InChI=1S/C13H23NO.C12H16OS.C9H15NO.C8H13FO.C8H14O.C8H12O.C7H10O/c1-13(2,3)12(15)8-7-11-14-9-5-4-6-10-14;1-12(2,3)11(13)8-4-6-10-7-5-9-14-10;1-9(11)5-4-8-10-6-2-3-7-10;1-8(2,3)7(10)5-4-6(5)9;1-8(2,3)7(9)6-4-5-6;1-5-6-7(9)8(2,3)4;1-5-6(8)7(2,3)4/h7-8H,4-6,9-11H2,1-3H3;4-5,7-9H,6H2,1-3H3;4-5H,2-3,6-8H2,1H3;5-6H,4H2,1-3H3;6H,4-5H2,1-3H3;1-4H3;1H,2-4H3/b8-7+;8-4+;5-4+;;;;. The number of hydrogen-bond donors (Lipinski definition) is 0. The van der Waals surface area contributed by atoms with Crippen LogP contribution in [0.4, 0.5) is 4.39 Å². The molecule has 428 valence electrons. The molecule has 0 aromatic carbocycles. The molecule has 0 radical (unpaired) electrons. The second-order valence-electron chi connectivity index (χ2n) is 26.2. The highest BCUT2D eigenvalue weighted by atomic mass is 32.1. The molecule has 3 heterocycles. The predicted molar refractivity (Wildman–Crippen MR) is 317 cm³/mol. The number of piperidine rings is 1. The van der Waals surface area contributed by atoms with E-state index < -0.39 is 6.17 Å². The Labute approximate surface area is 466 Å². The van der Waals surface area contributed by atoms with Gasteiger partial charge in [0.15, 0.2) is 17.3 Å². The Morgan fingerprint density at radius 1 is 0.605 bits per heavy atom. The fourth-order valence-corrected chi connectivity index (χ4v) is 7.14. The van der Waals surface area contributed by atoms with E-state index in [9.17, 15) is 38.0 Å². The van der Waals surface area contributed by atoms with Crippen molar-refractivity contribution in [3.05, 3.63) is 58.8 Å². The summed E-state index contributed by atoms with van der Waals surface area (Å²) in [5.74, 6) is 8.21. The fourth-order valence-electron chi connectivity index (χ4n) is 6.46. The van der Waals surface area contributed by atoms with Crippen LogP contribution in [-0.2, 0) is 40.0 Å². The second kappa shape index (κ2) is 35.2. The number of Topliss-reactive ketones (excluding diaryl/α,β-unsaturated/α-hetero) is 4. The normalized spacial score (nSPS) is 17.8. The lowest BCUT2D eigenvalue weighted by atomic mass is 9.88. The van der Waals surface area contributed by atoms with Crippen molar-refractivity contribution in [2.75, 3.05) is 39.3 Å². The van der Waals surface area contributed by atoms with E-state index in [0.717, 1.165) is 32.4 Å². The summed E-state index contributed by atoms with van der Waals surface area (Å²) < 4.78 is 12.3. The number of nitrogens with zero attached hydrogens (tertiary/aromatic N) is 2. The molecule has 2 saturated carbocycles. The summed E-state index contributed by atoms with van der Waals surface area (Å²) in [6, 6.07) is 4.11. The van der Waals surface area contributed by atoms with Gasteiger partial charge in [0.05, 0.1) is 5.92 Å². The van der Waals surface area contributed by atoms with Crippen molar-refractivity contribution in [2.24, 2.45) is 44.3 Å². The van der Waals surface area contributed by atoms with E-state index in [1.807, 2.05) is 128 Å². The number of terminal acetylenes is 1. The smallest absolute Gasteiger partial charge is 0.210 e. The quantitative estimate of drug-likeness (QED) is 0.121.